The SMILES string of the molecule is NCC#Cc1ccc(CSc2nc3ccccc3s2)s1. The van der Waals surface area contributed by atoms with Crippen molar-refractivity contribution in [3.05, 3.63) is 46.2 Å². The molecular formula is C15H12N2S3. The van der Waals surface area contributed by atoms with Crippen LogP contribution in [0.4, 0.5) is 0 Å². The molecule has 2 N–H and O–H groups in total. The highest BCUT2D eigenvalue weighted by Crippen LogP contribution is 2.32. The number of thiophene rings is 1. The van der Waals surface area contributed by atoms with E-state index < -0.39 is 0 Å². The van der Waals surface area contributed by atoms with Crippen molar-refractivity contribution in [3.8, 4) is 11.8 Å². The second-order valence-electron chi connectivity index (χ2n) is 4.01. The minimum Gasteiger partial charge on any atom is -0.320 e. The van der Waals surface area contributed by atoms with E-state index in [-0.39, 0.29) is 0 Å². The average Bonchev–Trinajstić information content (AvgIpc) is 3.09. The van der Waals surface area contributed by atoms with Crippen LogP contribution < -0.4 is 5.73 Å². The Labute approximate surface area is 130 Å². The molecule has 0 saturated heterocycles. The Morgan fingerprint density at radius 3 is 2.90 bits per heavy atom. The molecule has 2 aromatic heterocycles. The molecule has 0 saturated carbocycles. The van der Waals surface area contributed by atoms with Gasteiger partial charge in [0.15, 0.2) is 4.34 Å². The van der Waals surface area contributed by atoms with Crippen molar-refractivity contribution in [2.24, 2.45) is 5.73 Å². The molecule has 0 fully saturated rings. The van der Waals surface area contributed by atoms with Crippen molar-refractivity contribution in [2.45, 2.75) is 10.1 Å². The first-order valence-corrected chi connectivity index (χ1v) is 8.73. The van der Waals surface area contributed by atoms with E-state index in [2.05, 4.69) is 47.2 Å². The highest BCUT2D eigenvalue weighted by molar-refractivity contribution is 8.00. The van der Waals surface area contributed by atoms with Gasteiger partial charge in [-0.2, -0.15) is 0 Å². The van der Waals surface area contributed by atoms with Gasteiger partial charge >= 0.3 is 0 Å². The van der Waals surface area contributed by atoms with Crippen molar-refractivity contribution in [2.75, 3.05) is 6.54 Å². The van der Waals surface area contributed by atoms with Gasteiger partial charge in [-0.05, 0) is 24.3 Å². The predicted octanol–water partition coefficient (Wildman–Crippen LogP) is 3.96. The zero-order valence-electron chi connectivity index (χ0n) is 10.6. The van der Waals surface area contributed by atoms with Crippen molar-refractivity contribution in [1.29, 1.82) is 0 Å². The Hall–Kier alpha value is -1.32. The third-order valence-corrected chi connectivity index (χ3v) is 6.00. The topological polar surface area (TPSA) is 38.9 Å². The van der Waals surface area contributed by atoms with Crippen molar-refractivity contribution < 1.29 is 0 Å². The van der Waals surface area contributed by atoms with Crippen LogP contribution in [0.3, 0.4) is 0 Å². The zero-order chi connectivity index (χ0) is 13.8. The number of benzene rings is 1. The molecule has 0 unspecified atom stereocenters. The largest absolute Gasteiger partial charge is 0.320 e. The molecule has 0 atom stereocenters. The van der Waals surface area contributed by atoms with E-state index in [4.69, 9.17) is 5.73 Å². The van der Waals surface area contributed by atoms with Crippen LogP contribution in [0, 0.1) is 11.8 Å². The molecule has 0 radical (unpaired) electrons. The van der Waals surface area contributed by atoms with Crippen LogP contribution in [-0.4, -0.2) is 11.5 Å². The molecule has 3 aromatic rings. The molecule has 20 heavy (non-hydrogen) atoms. The highest BCUT2D eigenvalue weighted by Gasteiger charge is 2.05. The summed E-state index contributed by atoms with van der Waals surface area (Å²) >= 11 is 5.26. The summed E-state index contributed by atoms with van der Waals surface area (Å²) in [7, 11) is 0. The van der Waals surface area contributed by atoms with Crippen LogP contribution in [0.2, 0.25) is 0 Å². The van der Waals surface area contributed by atoms with Gasteiger partial charge in [0.1, 0.15) is 0 Å². The summed E-state index contributed by atoms with van der Waals surface area (Å²) in [6.45, 7) is 0.410. The van der Waals surface area contributed by atoms with E-state index in [1.54, 1.807) is 34.4 Å². The number of nitrogens with two attached hydrogens (primary N) is 1. The molecule has 0 amide bonds. The normalized spacial score (nSPS) is 10.4. The quantitative estimate of drug-likeness (QED) is 0.587. The maximum absolute atomic E-state index is 5.37. The number of aromatic nitrogens is 1. The van der Waals surface area contributed by atoms with Crippen LogP contribution in [0.1, 0.15) is 9.75 Å². The van der Waals surface area contributed by atoms with Crippen LogP contribution >= 0.6 is 34.4 Å². The Kier molecular flexibility index (Phi) is 4.38. The molecule has 100 valence electrons. The third kappa shape index (κ3) is 3.22. The third-order valence-electron chi connectivity index (χ3n) is 2.59. The van der Waals surface area contributed by atoms with Gasteiger partial charge in [-0.1, -0.05) is 35.7 Å². The molecule has 0 aliphatic rings. The van der Waals surface area contributed by atoms with Crippen molar-refractivity contribution >= 4 is 44.7 Å². The lowest BCUT2D eigenvalue weighted by Crippen LogP contribution is -1.92. The number of rotatable bonds is 3. The monoisotopic (exact) mass is 316 g/mol. The van der Waals surface area contributed by atoms with Gasteiger partial charge in [0.05, 0.1) is 21.6 Å². The summed E-state index contributed by atoms with van der Waals surface area (Å²) in [5.41, 5.74) is 6.46. The van der Waals surface area contributed by atoms with Crippen LogP contribution in [0.5, 0.6) is 0 Å². The fourth-order valence-corrected chi connectivity index (χ4v) is 4.70. The second kappa shape index (κ2) is 6.42. The molecule has 0 spiro atoms. The van der Waals surface area contributed by atoms with Crippen LogP contribution in [-0.2, 0) is 5.75 Å². The number of fused-ring (bicyclic) bond motifs is 1. The lowest BCUT2D eigenvalue weighted by Gasteiger charge is -1.92. The summed E-state index contributed by atoms with van der Waals surface area (Å²) in [4.78, 5) is 7.02. The summed E-state index contributed by atoms with van der Waals surface area (Å²) in [6, 6.07) is 12.4. The average molecular weight is 316 g/mol. The number of nitrogens with zero attached hydrogens (tertiary/aromatic N) is 1. The van der Waals surface area contributed by atoms with Gasteiger partial charge in [0.2, 0.25) is 0 Å². The fourth-order valence-electron chi connectivity index (χ4n) is 1.71. The minimum atomic E-state index is 0.410. The molecule has 1 aromatic carbocycles. The summed E-state index contributed by atoms with van der Waals surface area (Å²) in [6.07, 6.45) is 0. The minimum absolute atomic E-state index is 0.410. The maximum Gasteiger partial charge on any atom is 0.151 e. The highest BCUT2D eigenvalue weighted by atomic mass is 32.2. The van der Waals surface area contributed by atoms with Gasteiger partial charge in [0, 0.05) is 10.6 Å². The number of para-hydroxylation sites is 1. The van der Waals surface area contributed by atoms with Gasteiger partial charge in [-0.25, -0.2) is 4.98 Å². The molecule has 2 heterocycles. The predicted molar refractivity (Wildman–Crippen MR) is 89.4 cm³/mol. The Balaban J connectivity index is 1.68. The van der Waals surface area contributed by atoms with Gasteiger partial charge in [0.25, 0.3) is 0 Å². The van der Waals surface area contributed by atoms with Gasteiger partial charge in [-0.3, -0.25) is 0 Å². The van der Waals surface area contributed by atoms with E-state index in [9.17, 15) is 0 Å². The van der Waals surface area contributed by atoms with Crippen molar-refractivity contribution in [1.82, 2.24) is 4.98 Å². The smallest absolute Gasteiger partial charge is 0.151 e. The van der Waals surface area contributed by atoms with E-state index in [1.165, 1.54) is 9.58 Å². The van der Waals surface area contributed by atoms with Gasteiger partial charge < -0.3 is 5.73 Å². The Morgan fingerprint density at radius 2 is 2.05 bits per heavy atom. The van der Waals surface area contributed by atoms with E-state index in [1.807, 2.05) is 6.07 Å². The lowest BCUT2D eigenvalue weighted by atomic mass is 10.3. The first kappa shape index (κ1) is 13.7. The van der Waals surface area contributed by atoms with E-state index in [0.29, 0.717) is 6.54 Å². The number of hydrogen-bond donors (Lipinski definition) is 1. The number of hydrogen-bond acceptors (Lipinski definition) is 5. The zero-order valence-corrected chi connectivity index (χ0v) is 13.1. The number of thiazole rings is 1. The maximum atomic E-state index is 5.37. The summed E-state index contributed by atoms with van der Waals surface area (Å²) in [5, 5.41) is 0. The molecule has 2 nitrogen and oxygen atoms in total. The molecule has 0 aliphatic carbocycles. The first-order chi connectivity index (χ1) is 9.85. The van der Waals surface area contributed by atoms with Gasteiger partial charge in [-0.15, -0.1) is 22.7 Å². The molecule has 0 aliphatic heterocycles. The van der Waals surface area contributed by atoms with Crippen LogP contribution in [0.15, 0.2) is 40.7 Å². The Bertz CT molecular complexity index is 744. The fraction of sp³-hybridized carbons (Fsp3) is 0.133. The second-order valence-corrected chi connectivity index (χ2v) is 7.43. The molecule has 3 rings (SSSR count). The summed E-state index contributed by atoms with van der Waals surface area (Å²) < 4.78 is 2.37. The first-order valence-electron chi connectivity index (χ1n) is 6.11. The van der Waals surface area contributed by atoms with E-state index in [0.717, 1.165) is 20.5 Å². The number of thioether (sulfide) groups is 1. The Morgan fingerprint density at radius 1 is 1.15 bits per heavy atom. The standard InChI is InChI=1S/C15H12N2S3/c16-9-3-4-11-7-8-12(19-11)10-18-15-17-13-5-1-2-6-14(13)20-15/h1-2,5-8H,9-10,16H2. The molecular weight excluding hydrogens is 304 g/mol. The van der Waals surface area contributed by atoms with Crippen LogP contribution in [0.25, 0.3) is 10.2 Å². The lowest BCUT2D eigenvalue weighted by molar-refractivity contribution is 1.30. The molecule has 5 heteroatoms. The summed E-state index contributed by atoms with van der Waals surface area (Å²) in [5.74, 6) is 6.89. The van der Waals surface area contributed by atoms with Crippen molar-refractivity contribution in [3.63, 3.8) is 0 Å². The van der Waals surface area contributed by atoms with E-state index >= 15 is 0 Å². The molecule has 0 bridgehead atoms.